The SMILES string of the molecule is NCC1(c2ncc(C3CCCC3)[nH]2)CC1. The third-order valence-corrected chi connectivity index (χ3v) is 4.14. The van der Waals surface area contributed by atoms with Crippen molar-refractivity contribution in [1.82, 2.24) is 9.97 Å². The van der Waals surface area contributed by atoms with Crippen LogP contribution >= 0.6 is 0 Å². The molecule has 15 heavy (non-hydrogen) atoms. The Morgan fingerprint density at radius 1 is 1.40 bits per heavy atom. The Morgan fingerprint density at radius 2 is 2.13 bits per heavy atom. The number of aromatic amines is 1. The Hall–Kier alpha value is -0.830. The zero-order valence-electron chi connectivity index (χ0n) is 9.13. The van der Waals surface area contributed by atoms with E-state index < -0.39 is 0 Å². The molecular weight excluding hydrogens is 186 g/mol. The second-order valence-corrected chi connectivity index (χ2v) is 5.15. The number of H-pyrrole nitrogens is 1. The van der Waals surface area contributed by atoms with E-state index in [9.17, 15) is 0 Å². The van der Waals surface area contributed by atoms with Gasteiger partial charge in [0.2, 0.25) is 0 Å². The molecule has 2 aliphatic rings. The van der Waals surface area contributed by atoms with E-state index in [2.05, 4.69) is 9.97 Å². The second kappa shape index (κ2) is 3.34. The highest BCUT2D eigenvalue weighted by molar-refractivity contribution is 5.22. The van der Waals surface area contributed by atoms with Gasteiger partial charge in [-0.3, -0.25) is 0 Å². The summed E-state index contributed by atoms with van der Waals surface area (Å²) in [5.41, 5.74) is 7.37. The lowest BCUT2D eigenvalue weighted by atomic mass is 10.1. The van der Waals surface area contributed by atoms with Gasteiger partial charge in [0, 0.05) is 29.8 Å². The minimum atomic E-state index is 0.219. The predicted molar refractivity (Wildman–Crippen MR) is 59.8 cm³/mol. The fraction of sp³-hybridized carbons (Fsp3) is 0.750. The Labute approximate surface area is 90.5 Å². The van der Waals surface area contributed by atoms with Gasteiger partial charge >= 0.3 is 0 Å². The summed E-state index contributed by atoms with van der Waals surface area (Å²) in [7, 11) is 0. The van der Waals surface area contributed by atoms with E-state index >= 15 is 0 Å². The lowest BCUT2D eigenvalue weighted by Crippen LogP contribution is -2.21. The number of nitrogens with zero attached hydrogens (tertiary/aromatic N) is 1. The summed E-state index contributed by atoms with van der Waals surface area (Å²) in [6.07, 6.45) is 9.87. The molecule has 0 unspecified atom stereocenters. The van der Waals surface area contributed by atoms with E-state index in [0.29, 0.717) is 0 Å². The molecule has 82 valence electrons. The van der Waals surface area contributed by atoms with Crippen molar-refractivity contribution in [2.45, 2.75) is 49.9 Å². The molecule has 1 aromatic rings. The largest absolute Gasteiger partial charge is 0.345 e. The van der Waals surface area contributed by atoms with Crippen LogP contribution < -0.4 is 5.73 Å². The highest BCUT2D eigenvalue weighted by atomic mass is 15.0. The highest BCUT2D eigenvalue weighted by Gasteiger charge is 2.45. The smallest absolute Gasteiger partial charge is 0.113 e. The van der Waals surface area contributed by atoms with E-state index in [0.717, 1.165) is 18.3 Å². The molecule has 3 N–H and O–H groups in total. The van der Waals surface area contributed by atoms with Crippen molar-refractivity contribution < 1.29 is 0 Å². The fourth-order valence-electron chi connectivity index (χ4n) is 2.74. The van der Waals surface area contributed by atoms with Crippen LogP contribution in [0, 0.1) is 0 Å². The number of nitrogens with one attached hydrogen (secondary N) is 1. The van der Waals surface area contributed by atoms with E-state index in [4.69, 9.17) is 5.73 Å². The summed E-state index contributed by atoms with van der Waals surface area (Å²) in [6, 6.07) is 0. The molecule has 2 saturated carbocycles. The van der Waals surface area contributed by atoms with Crippen LogP contribution in [0.3, 0.4) is 0 Å². The summed E-state index contributed by atoms with van der Waals surface area (Å²) in [5.74, 6) is 1.88. The van der Waals surface area contributed by atoms with Crippen molar-refractivity contribution in [2.24, 2.45) is 5.73 Å². The molecule has 2 aliphatic carbocycles. The summed E-state index contributed by atoms with van der Waals surface area (Å²) < 4.78 is 0. The lowest BCUT2D eigenvalue weighted by Gasteiger charge is -2.09. The Balaban J connectivity index is 1.81. The number of rotatable bonds is 3. The molecule has 1 aromatic heterocycles. The normalized spacial score (nSPS) is 24.6. The topological polar surface area (TPSA) is 54.7 Å². The monoisotopic (exact) mass is 205 g/mol. The first-order valence-corrected chi connectivity index (χ1v) is 6.09. The second-order valence-electron chi connectivity index (χ2n) is 5.15. The van der Waals surface area contributed by atoms with Gasteiger partial charge in [-0.25, -0.2) is 4.98 Å². The van der Waals surface area contributed by atoms with Crippen molar-refractivity contribution in [3.05, 3.63) is 17.7 Å². The van der Waals surface area contributed by atoms with Crippen molar-refractivity contribution in [2.75, 3.05) is 6.54 Å². The first-order valence-electron chi connectivity index (χ1n) is 6.09. The van der Waals surface area contributed by atoms with Crippen molar-refractivity contribution in [1.29, 1.82) is 0 Å². The Morgan fingerprint density at radius 3 is 2.73 bits per heavy atom. The van der Waals surface area contributed by atoms with E-state index in [1.807, 2.05) is 6.20 Å². The van der Waals surface area contributed by atoms with Crippen LogP contribution in [0.25, 0.3) is 0 Å². The maximum absolute atomic E-state index is 5.80. The highest BCUT2D eigenvalue weighted by Crippen LogP contribution is 2.46. The molecule has 0 amide bonds. The van der Waals surface area contributed by atoms with Gasteiger partial charge < -0.3 is 10.7 Å². The quantitative estimate of drug-likeness (QED) is 0.793. The molecule has 0 saturated heterocycles. The minimum Gasteiger partial charge on any atom is -0.345 e. The zero-order chi connectivity index (χ0) is 10.3. The predicted octanol–water partition coefficient (Wildman–Crippen LogP) is 2.06. The minimum absolute atomic E-state index is 0.219. The van der Waals surface area contributed by atoms with Gasteiger partial charge in [-0.05, 0) is 25.7 Å². The summed E-state index contributed by atoms with van der Waals surface area (Å²) >= 11 is 0. The standard InChI is InChI=1S/C12H19N3/c13-8-12(5-6-12)11-14-7-10(15-11)9-3-1-2-4-9/h7,9H,1-6,8,13H2,(H,14,15). The molecule has 2 fully saturated rings. The van der Waals surface area contributed by atoms with Gasteiger partial charge in [0.15, 0.2) is 0 Å². The molecule has 0 atom stereocenters. The molecule has 0 spiro atoms. The zero-order valence-corrected chi connectivity index (χ0v) is 9.13. The van der Waals surface area contributed by atoms with E-state index in [-0.39, 0.29) is 5.41 Å². The molecular formula is C12H19N3. The third kappa shape index (κ3) is 1.49. The maximum Gasteiger partial charge on any atom is 0.113 e. The number of aromatic nitrogens is 2. The number of hydrogen-bond donors (Lipinski definition) is 2. The van der Waals surface area contributed by atoms with Crippen LogP contribution in [0.2, 0.25) is 0 Å². The lowest BCUT2D eigenvalue weighted by molar-refractivity contribution is 0.645. The van der Waals surface area contributed by atoms with Crippen molar-refractivity contribution in [3.63, 3.8) is 0 Å². The van der Waals surface area contributed by atoms with Crippen LogP contribution in [0.1, 0.15) is 56.0 Å². The van der Waals surface area contributed by atoms with Gasteiger partial charge in [-0.1, -0.05) is 12.8 Å². The van der Waals surface area contributed by atoms with Crippen LogP contribution in [0.15, 0.2) is 6.20 Å². The first-order chi connectivity index (χ1) is 7.34. The number of hydrogen-bond acceptors (Lipinski definition) is 2. The maximum atomic E-state index is 5.80. The molecule has 3 heteroatoms. The van der Waals surface area contributed by atoms with E-state index in [1.165, 1.54) is 44.2 Å². The first kappa shape index (κ1) is 9.40. The van der Waals surface area contributed by atoms with Crippen LogP contribution in [-0.4, -0.2) is 16.5 Å². The van der Waals surface area contributed by atoms with Crippen LogP contribution in [0.5, 0.6) is 0 Å². The third-order valence-electron chi connectivity index (χ3n) is 4.14. The Kier molecular flexibility index (Phi) is 2.09. The van der Waals surface area contributed by atoms with Gasteiger partial charge in [-0.2, -0.15) is 0 Å². The van der Waals surface area contributed by atoms with Gasteiger partial charge in [0.05, 0.1) is 0 Å². The molecule has 0 aromatic carbocycles. The van der Waals surface area contributed by atoms with Gasteiger partial charge in [0.1, 0.15) is 5.82 Å². The van der Waals surface area contributed by atoms with Crippen molar-refractivity contribution >= 4 is 0 Å². The molecule has 1 heterocycles. The van der Waals surface area contributed by atoms with E-state index in [1.54, 1.807) is 0 Å². The van der Waals surface area contributed by atoms with Crippen LogP contribution in [-0.2, 0) is 5.41 Å². The molecule has 3 rings (SSSR count). The average Bonchev–Trinajstić information content (AvgIpc) is 2.74. The Bertz CT molecular complexity index is 346. The summed E-state index contributed by atoms with van der Waals surface area (Å²) in [4.78, 5) is 8.05. The molecule has 0 aliphatic heterocycles. The molecule has 0 bridgehead atoms. The fourth-order valence-corrected chi connectivity index (χ4v) is 2.74. The molecule has 3 nitrogen and oxygen atoms in total. The number of nitrogens with two attached hydrogens (primary N) is 1. The number of imidazole rings is 1. The average molecular weight is 205 g/mol. The van der Waals surface area contributed by atoms with Crippen molar-refractivity contribution in [3.8, 4) is 0 Å². The van der Waals surface area contributed by atoms with Gasteiger partial charge in [-0.15, -0.1) is 0 Å². The summed E-state index contributed by atoms with van der Waals surface area (Å²) in [5, 5.41) is 0. The summed E-state index contributed by atoms with van der Waals surface area (Å²) in [6.45, 7) is 0.741. The molecule has 0 radical (unpaired) electrons. The van der Waals surface area contributed by atoms with Gasteiger partial charge in [0.25, 0.3) is 0 Å². The van der Waals surface area contributed by atoms with Crippen LogP contribution in [0.4, 0.5) is 0 Å².